The molecule has 4 rings (SSSR count). The molecule has 0 saturated carbocycles. The van der Waals surface area contributed by atoms with Crippen molar-refractivity contribution in [1.29, 1.82) is 0 Å². The van der Waals surface area contributed by atoms with Crippen molar-refractivity contribution in [2.45, 2.75) is 6.54 Å². The molecular formula is C21H23F2IN6. The quantitative estimate of drug-likeness (QED) is 0.323. The van der Waals surface area contributed by atoms with Crippen LogP contribution in [0.2, 0.25) is 0 Å². The van der Waals surface area contributed by atoms with Crippen LogP contribution in [0.15, 0.2) is 65.8 Å². The van der Waals surface area contributed by atoms with Gasteiger partial charge in [-0.25, -0.2) is 18.5 Å². The number of benzene rings is 2. The lowest BCUT2D eigenvalue weighted by atomic mass is 10.2. The number of aromatic nitrogens is 2. The van der Waals surface area contributed by atoms with Crippen LogP contribution in [0.4, 0.5) is 14.5 Å². The summed E-state index contributed by atoms with van der Waals surface area (Å²) in [7, 11) is 0. The first-order valence-corrected chi connectivity index (χ1v) is 9.44. The molecule has 0 amide bonds. The Labute approximate surface area is 191 Å². The van der Waals surface area contributed by atoms with Crippen LogP contribution in [0.3, 0.4) is 0 Å². The Hall–Kier alpha value is -2.69. The van der Waals surface area contributed by atoms with Gasteiger partial charge in [0.15, 0.2) is 5.96 Å². The number of hydrogen-bond donors (Lipinski definition) is 1. The SMILES string of the molecule is I.NC(=NCc1ccn(-c2ccc(F)cc2)n1)N1CCN(c2ccc(F)cc2)CC1. The lowest BCUT2D eigenvalue weighted by molar-refractivity contribution is 0.380. The lowest BCUT2D eigenvalue weighted by Crippen LogP contribution is -2.51. The molecular weight excluding hydrogens is 501 g/mol. The van der Waals surface area contributed by atoms with Gasteiger partial charge in [-0.3, -0.25) is 0 Å². The highest BCUT2D eigenvalue weighted by atomic mass is 127. The standard InChI is InChI=1S/C21H22F2N6.HI/c22-16-1-5-19(6-2-16)27-11-13-28(14-12-27)21(24)25-15-18-9-10-29(26-18)20-7-3-17(23)4-8-20;/h1-10H,11-15H2,(H2,24,25);1H. The Kier molecular flexibility index (Phi) is 7.24. The summed E-state index contributed by atoms with van der Waals surface area (Å²) in [6.45, 7) is 3.45. The van der Waals surface area contributed by atoms with Gasteiger partial charge < -0.3 is 15.5 Å². The van der Waals surface area contributed by atoms with Gasteiger partial charge in [-0.2, -0.15) is 5.10 Å². The monoisotopic (exact) mass is 524 g/mol. The van der Waals surface area contributed by atoms with Gasteiger partial charge in [0.1, 0.15) is 11.6 Å². The minimum Gasteiger partial charge on any atom is -0.370 e. The predicted molar refractivity (Wildman–Crippen MR) is 124 cm³/mol. The van der Waals surface area contributed by atoms with E-state index in [-0.39, 0.29) is 35.6 Å². The number of hydrogen-bond acceptors (Lipinski definition) is 3. The number of nitrogens with zero attached hydrogens (tertiary/aromatic N) is 5. The van der Waals surface area contributed by atoms with Crippen molar-refractivity contribution in [1.82, 2.24) is 14.7 Å². The van der Waals surface area contributed by atoms with Crippen LogP contribution in [0.5, 0.6) is 0 Å². The molecule has 158 valence electrons. The van der Waals surface area contributed by atoms with E-state index in [4.69, 9.17) is 5.73 Å². The summed E-state index contributed by atoms with van der Waals surface area (Å²) >= 11 is 0. The summed E-state index contributed by atoms with van der Waals surface area (Å²) in [6.07, 6.45) is 1.82. The maximum absolute atomic E-state index is 13.1. The van der Waals surface area contributed by atoms with Gasteiger partial charge in [-0.15, -0.1) is 24.0 Å². The summed E-state index contributed by atoms with van der Waals surface area (Å²) in [6, 6.07) is 14.5. The Morgan fingerprint density at radius 1 is 0.867 bits per heavy atom. The molecule has 2 N–H and O–H groups in total. The van der Waals surface area contributed by atoms with Crippen LogP contribution >= 0.6 is 24.0 Å². The van der Waals surface area contributed by atoms with E-state index in [9.17, 15) is 8.78 Å². The summed E-state index contributed by atoms with van der Waals surface area (Å²) in [5.41, 5.74) is 8.74. The molecule has 0 aliphatic carbocycles. The summed E-state index contributed by atoms with van der Waals surface area (Å²) in [5.74, 6) is -0.0243. The second-order valence-electron chi connectivity index (χ2n) is 6.85. The maximum atomic E-state index is 13.1. The molecule has 3 aromatic rings. The van der Waals surface area contributed by atoms with Gasteiger partial charge in [-0.1, -0.05) is 0 Å². The second kappa shape index (κ2) is 9.88. The van der Waals surface area contributed by atoms with Gasteiger partial charge in [0.05, 0.1) is 17.9 Å². The minimum atomic E-state index is -0.280. The highest BCUT2D eigenvalue weighted by molar-refractivity contribution is 14.0. The van der Waals surface area contributed by atoms with E-state index in [1.165, 1.54) is 24.3 Å². The minimum absolute atomic E-state index is 0. The van der Waals surface area contributed by atoms with Crippen LogP contribution in [0.25, 0.3) is 5.69 Å². The Morgan fingerprint density at radius 3 is 2.03 bits per heavy atom. The van der Waals surface area contributed by atoms with E-state index in [1.807, 2.05) is 17.2 Å². The first-order chi connectivity index (χ1) is 14.1. The van der Waals surface area contributed by atoms with Crippen molar-refractivity contribution in [2.24, 2.45) is 10.7 Å². The number of aliphatic imine (C=N–C) groups is 1. The van der Waals surface area contributed by atoms with E-state index in [0.29, 0.717) is 12.5 Å². The van der Waals surface area contributed by atoms with E-state index in [0.717, 1.165) is 43.2 Å². The molecule has 0 unspecified atom stereocenters. The molecule has 1 aliphatic heterocycles. The third-order valence-electron chi connectivity index (χ3n) is 4.93. The molecule has 1 aromatic heterocycles. The molecule has 0 spiro atoms. The number of nitrogens with two attached hydrogens (primary N) is 1. The van der Waals surface area contributed by atoms with E-state index < -0.39 is 0 Å². The van der Waals surface area contributed by atoms with Crippen molar-refractivity contribution in [3.8, 4) is 5.69 Å². The lowest BCUT2D eigenvalue weighted by Gasteiger charge is -2.36. The average molecular weight is 524 g/mol. The predicted octanol–water partition coefficient (Wildman–Crippen LogP) is 3.41. The first-order valence-electron chi connectivity index (χ1n) is 9.44. The topological polar surface area (TPSA) is 62.7 Å². The van der Waals surface area contributed by atoms with Crippen molar-refractivity contribution in [2.75, 3.05) is 31.1 Å². The van der Waals surface area contributed by atoms with E-state index in [1.54, 1.807) is 28.9 Å². The largest absolute Gasteiger partial charge is 0.370 e. The van der Waals surface area contributed by atoms with E-state index >= 15 is 0 Å². The number of halogens is 3. The van der Waals surface area contributed by atoms with Crippen LogP contribution in [0, 0.1) is 11.6 Å². The molecule has 30 heavy (non-hydrogen) atoms. The van der Waals surface area contributed by atoms with Crippen LogP contribution in [-0.4, -0.2) is 46.8 Å². The molecule has 9 heteroatoms. The molecule has 0 atom stereocenters. The smallest absolute Gasteiger partial charge is 0.191 e. The van der Waals surface area contributed by atoms with Crippen LogP contribution in [-0.2, 0) is 6.54 Å². The third kappa shape index (κ3) is 5.26. The maximum Gasteiger partial charge on any atom is 0.191 e. The van der Waals surface area contributed by atoms with Crippen molar-refractivity contribution >= 4 is 35.6 Å². The summed E-state index contributed by atoms with van der Waals surface area (Å²) in [4.78, 5) is 8.71. The van der Waals surface area contributed by atoms with Gasteiger partial charge in [-0.05, 0) is 54.6 Å². The molecule has 1 fully saturated rings. The summed E-state index contributed by atoms with van der Waals surface area (Å²) < 4.78 is 27.8. The first kappa shape index (κ1) is 22.0. The number of guanidine groups is 1. The number of rotatable bonds is 4. The fraction of sp³-hybridized carbons (Fsp3) is 0.238. The normalized spacial score (nSPS) is 14.5. The Morgan fingerprint density at radius 2 is 1.43 bits per heavy atom. The molecule has 1 saturated heterocycles. The third-order valence-corrected chi connectivity index (χ3v) is 4.93. The fourth-order valence-electron chi connectivity index (χ4n) is 3.29. The highest BCUT2D eigenvalue weighted by Gasteiger charge is 2.18. The zero-order valence-corrected chi connectivity index (χ0v) is 18.6. The molecule has 0 bridgehead atoms. The molecule has 1 aliphatic rings. The fourth-order valence-corrected chi connectivity index (χ4v) is 3.29. The second-order valence-corrected chi connectivity index (χ2v) is 6.85. The zero-order chi connectivity index (χ0) is 20.2. The molecule has 2 aromatic carbocycles. The molecule has 0 radical (unpaired) electrons. The van der Waals surface area contributed by atoms with Crippen LogP contribution in [0.1, 0.15) is 5.69 Å². The molecule has 2 heterocycles. The zero-order valence-electron chi connectivity index (χ0n) is 16.3. The Bertz CT molecular complexity index is 979. The van der Waals surface area contributed by atoms with E-state index in [2.05, 4.69) is 15.0 Å². The summed E-state index contributed by atoms with van der Waals surface area (Å²) in [5, 5.41) is 4.46. The number of anilines is 1. The van der Waals surface area contributed by atoms with Gasteiger partial charge in [0, 0.05) is 38.1 Å². The van der Waals surface area contributed by atoms with Crippen molar-refractivity contribution < 1.29 is 8.78 Å². The van der Waals surface area contributed by atoms with Gasteiger partial charge >= 0.3 is 0 Å². The van der Waals surface area contributed by atoms with Gasteiger partial charge in [0.25, 0.3) is 0 Å². The highest BCUT2D eigenvalue weighted by Crippen LogP contribution is 2.17. The van der Waals surface area contributed by atoms with Crippen molar-refractivity contribution in [3.63, 3.8) is 0 Å². The van der Waals surface area contributed by atoms with Gasteiger partial charge in [0.2, 0.25) is 0 Å². The van der Waals surface area contributed by atoms with Crippen LogP contribution < -0.4 is 10.6 Å². The van der Waals surface area contributed by atoms with Crippen molar-refractivity contribution in [3.05, 3.63) is 78.1 Å². The molecule has 6 nitrogen and oxygen atoms in total. The Balaban J connectivity index is 0.00000256. The average Bonchev–Trinajstić information content (AvgIpc) is 3.22. The number of piperazine rings is 1.